The number of rotatable bonds is 4. The molecule has 0 aliphatic carbocycles. The normalized spacial score (nSPS) is 14.9. The van der Waals surface area contributed by atoms with E-state index in [4.69, 9.17) is 5.73 Å². The van der Waals surface area contributed by atoms with Gasteiger partial charge in [-0.15, -0.1) is 0 Å². The topological polar surface area (TPSA) is 64.2 Å². The average molecular weight is 284 g/mol. The lowest BCUT2D eigenvalue weighted by Crippen LogP contribution is -2.31. The monoisotopic (exact) mass is 284 g/mol. The van der Waals surface area contributed by atoms with Crippen LogP contribution in [-0.2, 0) is 17.8 Å². The highest BCUT2D eigenvalue weighted by molar-refractivity contribution is 5.95. The summed E-state index contributed by atoms with van der Waals surface area (Å²) in [5.41, 5.74) is 8.84. The Morgan fingerprint density at radius 1 is 1.24 bits per heavy atom. The number of nitrogen functional groups attached to an aromatic ring is 1. The molecule has 2 N–H and O–H groups in total. The molecule has 0 atom stereocenters. The maximum absolute atomic E-state index is 12.3. The highest BCUT2D eigenvalue weighted by atomic mass is 16.2. The van der Waals surface area contributed by atoms with Gasteiger partial charge in [-0.2, -0.15) is 0 Å². The Morgan fingerprint density at radius 3 is 2.95 bits per heavy atom. The minimum atomic E-state index is 0.212. The molecule has 0 saturated carbocycles. The minimum Gasteiger partial charge on any atom is -0.399 e. The van der Waals surface area contributed by atoms with Gasteiger partial charge in [-0.05, 0) is 43.0 Å². The van der Waals surface area contributed by atoms with Crippen LogP contribution in [0.4, 0.5) is 11.4 Å². The van der Waals surface area contributed by atoms with E-state index in [-0.39, 0.29) is 5.91 Å². The lowest BCUT2D eigenvalue weighted by Gasteiger charge is -2.23. The minimum absolute atomic E-state index is 0.212. The lowest BCUT2D eigenvalue weighted by molar-refractivity contribution is -0.118. The molecule has 0 radical (unpaired) electrons. The van der Waals surface area contributed by atoms with Crippen molar-refractivity contribution in [1.29, 1.82) is 0 Å². The molecule has 0 fully saturated rings. The quantitative estimate of drug-likeness (QED) is 0.876. The summed E-state index contributed by atoms with van der Waals surface area (Å²) in [6.07, 6.45) is 8.86. The molecule has 0 saturated heterocycles. The first-order valence-electron chi connectivity index (χ1n) is 7.38. The number of aromatic nitrogens is 2. The standard InChI is InChI=1S/C16H20N4O/c17-14-5-6-15-13(11-14)3-1-4-16(21)20(15)9-2-8-19-10-7-18-12-19/h5-7,10-12H,1-4,8-9,17H2. The molecule has 5 heteroatoms. The molecule has 5 nitrogen and oxygen atoms in total. The van der Waals surface area contributed by atoms with Crippen LogP contribution in [-0.4, -0.2) is 22.0 Å². The molecule has 1 aromatic carbocycles. The molecule has 3 rings (SSSR count). The predicted octanol–water partition coefficient (Wildman–Crippen LogP) is 2.22. The fourth-order valence-corrected chi connectivity index (χ4v) is 2.84. The largest absolute Gasteiger partial charge is 0.399 e. The summed E-state index contributed by atoms with van der Waals surface area (Å²) in [7, 11) is 0. The van der Waals surface area contributed by atoms with Crippen molar-refractivity contribution >= 4 is 17.3 Å². The van der Waals surface area contributed by atoms with Gasteiger partial charge in [-0.3, -0.25) is 4.79 Å². The molecule has 1 aromatic heterocycles. The number of anilines is 2. The van der Waals surface area contributed by atoms with Crippen LogP contribution in [0.25, 0.3) is 0 Å². The van der Waals surface area contributed by atoms with E-state index in [0.29, 0.717) is 6.42 Å². The van der Waals surface area contributed by atoms with Crippen molar-refractivity contribution in [3.63, 3.8) is 0 Å². The fourth-order valence-electron chi connectivity index (χ4n) is 2.84. The zero-order chi connectivity index (χ0) is 14.7. The maximum atomic E-state index is 12.3. The van der Waals surface area contributed by atoms with Gasteiger partial charge in [0, 0.05) is 43.3 Å². The first kappa shape index (κ1) is 13.7. The summed E-state index contributed by atoms with van der Waals surface area (Å²) in [6, 6.07) is 5.85. The predicted molar refractivity (Wildman–Crippen MR) is 83.0 cm³/mol. The number of benzene rings is 1. The van der Waals surface area contributed by atoms with Gasteiger partial charge in [0.2, 0.25) is 5.91 Å². The summed E-state index contributed by atoms with van der Waals surface area (Å²) >= 11 is 0. The van der Waals surface area contributed by atoms with Gasteiger partial charge in [-0.25, -0.2) is 4.98 Å². The van der Waals surface area contributed by atoms with Gasteiger partial charge in [0.1, 0.15) is 0 Å². The number of aryl methyl sites for hydroxylation is 2. The number of carbonyl (C=O) groups excluding carboxylic acids is 1. The molecule has 1 aliphatic rings. The van der Waals surface area contributed by atoms with Crippen molar-refractivity contribution in [2.24, 2.45) is 0 Å². The third-order valence-electron chi connectivity index (χ3n) is 3.89. The number of hydrogen-bond acceptors (Lipinski definition) is 3. The van der Waals surface area contributed by atoms with Crippen LogP contribution in [0.1, 0.15) is 24.8 Å². The summed E-state index contributed by atoms with van der Waals surface area (Å²) in [6.45, 7) is 1.60. The highest BCUT2D eigenvalue weighted by Crippen LogP contribution is 2.28. The van der Waals surface area contributed by atoms with Crippen LogP contribution >= 0.6 is 0 Å². The van der Waals surface area contributed by atoms with Crippen LogP contribution in [0.15, 0.2) is 36.9 Å². The van der Waals surface area contributed by atoms with Crippen LogP contribution in [0.3, 0.4) is 0 Å². The highest BCUT2D eigenvalue weighted by Gasteiger charge is 2.21. The molecule has 0 unspecified atom stereocenters. The second kappa shape index (κ2) is 5.99. The zero-order valence-corrected chi connectivity index (χ0v) is 12.0. The van der Waals surface area contributed by atoms with E-state index < -0.39 is 0 Å². The average Bonchev–Trinajstić information content (AvgIpc) is 2.92. The Kier molecular flexibility index (Phi) is 3.90. The molecular formula is C16H20N4O. The third-order valence-corrected chi connectivity index (χ3v) is 3.89. The number of hydrogen-bond donors (Lipinski definition) is 1. The maximum Gasteiger partial charge on any atom is 0.226 e. The first-order valence-corrected chi connectivity index (χ1v) is 7.38. The van der Waals surface area contributed by atoms with Gasteiger partial charge in [0.05, 0.1) is 6.33 Å². The van der Waals surface area contributed by atoms with Gasteiger partial charge in [0.15, 0.2) is 0 Å². The van der Waals surface area contributed by atoms with Gasteiger partial charge in [0.25, 0.3) is 0 Å². The van der Waals surface area contributed by atoms with E-state index >= 15 is 0 Å². The van der Waals surface area contributed by atoms with E-state index in [2.05, 4.69) is 4.98 Å². The van der Waals surface area contributed by atoms with Gasteiger partial charge < -0.3 is 15.2 Å². The van der Waals surface area contributed by atoms with Crippen molar-refractivity contribution in [3.05, 3.63) is 42.5 Å². The van der Waals surface area contributed by atoms with Crippen molar-refractivity contribution in [2.45, 2.75) is 32.2 Å². The summed E-state index contributed by atoms with van der Waals surface area (Å²) in [4.78, 5) is 18.3. The van der Waals surface area contributed by atoms with Crippen molar-refractivity contribution < 1.29 is 4.79 Å². The Labute approximate surface area is 124 Å². The number of nitrogens with zero attached hydrogens (tertiary/aromatic N) is 3. The first-order chi connectivity index (χ1) is 10.2. The molecule has 0 spiro atoms. The number of nitrogens with two attached hydrogens (primary N) is 1. The Balaban J connectivity index is 1.74. The molecule has 1 aliphatic heterocycles. The lowest BCUT2D eigenvalue weighted by atomic mass is 10.1. The van der Waals surface area contributed by atoms with Crippen molar-refractivity contribution in [3.8, 4) is 0 Å². The molecular weight excluding hydrogens is 264 g/mol. The van der Waals surface area contributed by atoms with E-state index in [1.807, 2.05) is 33.9 Å². The van der Waals surface area contributed by atoms with Gasteiger partial charge in [-0.1, -0.05) is 0 Å². The zero-order valence-electron chi connectivity index (χ0n) is 12.0. The SMILES string of the molecule is Nc1ccc2c(c1)CCCC(=O)N2CCCn1ccnc1. The van der Waals surface area contributed by atoms with E-state index in [0.717, 1.165) is 43.7 Å². The van der Waals surface area contributed by atoms with E-state index in [9.17, 15) is 4.79 Å². The molecule has 2 aromatic rings. The summed E-state index contributed by atoms with van der Waals surface area (Å²) in [5.74, 6) is 0.212. The van der Waals surface area contributed by atoms with Crippen LogP contribution in [0, 0.1) is 0 Å². The summed E-state index contributed by atoms with van der Waals surface area (Å²) < 4.78 is 2.03. The van der Waals surface area contributed by atoms with Crippen molar-refractivity contribution in [1.82, 2.24) is 9.55 Å². The number of fused-ring (bicyclic) bond motifs is 1. The molecule has 0 bridgehead atoms. The van der Waals surface area contributed by atoms with Gasteiger partial charge >= 0.3 is 0 Å². The van der Waals surface area contributed by atoms with Crippen LogP contribution < -0.4 is 10.6 Å². The van der Waals surface area contributed by atoms with Crippen molar-refractivity contribution in [2.75, 3.05) is 17.2 Å². The molecule has 110 valence electrons. The second-order valence-electron chi connectivity index (χ2n) is 5.44. The number of carbonyl (C=O) groups is 1. The van der Waals surface area contributed by atoms with Crippen LogP contribution in [0.2, 0.25) is 0 Å². The Morgan fingerprint density at radius 2 is 2.14 bits per heavy atom. The molecule has 1 amide bonds. The van der Waals surface area contributed by atoms with Crippen LogP contribution in [0.5, 0.6) is 0 Å². The summed E-state index contributed by atoms with van der Waals surface area (Å²) in [5, 5.41) is 0. The van der Waals surface area contributed by atoms with E-state index in [1.54, 1.807) is 12.5 Å². The fraction of sp³-hybridized carbons (Fsp3) is 0.375. The molecule has 2 heterocycles. The Hall–Kier alpha value is -2.30. The second-order valence-corrected chi connectivity index (χ2v) is 5.44. The van der Waals surface area contributed by atoms with E-state index in [1.165, 1.54) is 5.56 Å². The molecule has 21 heavy (non-hydrogen) atoms. The third kappa shape index (κ3) is 3.07. The Bertz CT molecular complexity index is 621. The number of imidazole rings is 1. The smallest absolute Gasteiger partial charge is 0.226 e. The number of amides is 1.